The summed E-state index contributed by atoms with van der Waals surface area (Å²) in [6, 6.07) is 0. The van der Waals surface area contributed by atoms with E-state index in [0.717, 1.165) is 0 Å². The summed E-state index contributed by atoms with van der Waals surface area (Å²) in [5.74, 6) is -1.77. The standard InChI is InChI=1S/C6H10O9S.2Na/c7-3-2(15-16(11,12)13)1-14-5(4(3)8)6(9)10;;/h2-5,7-8H,1H2,(H,9,10)(H,11,12,13);;/q;2*+1/p-2/t2?,3?,4-,5?;;/m1../s1. The molecule has 1 aliphatic heterocycles. The number of carboxylic acid groups (broad SMARTS) is 1. The molecule has 12 heteroatoms. The molecular weight excluding hydrogens is 294 g/mol. The molecule has 0 radical (unpaired) electrons. The van der Waals surface area contributed by atoms with E-state index in [9.17, 15) is 33.1 Å². The zero-order valence-corrected chi connectivity index (χ0v) is 14.5. The molecule has 0 aliphatic carbocycles. The second kappa shape index (κ2) is 8.49. The quantitative estimate of drug-likeness (QED) is 0.293. The fourth-order valence-electron chi connectivity index (χ4n) is 1.24. The van der Waals surface area contributed by atoms with Gasteiger partial charge in [0.1, 0.15) is 24.4 Å². The number of carbonyl (C=O) groups is 1. The van der Waals surface area contributed by atoms with Crippen molar-refractivity contribution in [3.63, 3.8) is 0 Å². The summed E-state index contributed by atoms with van der Waals surface area (Å²) in [6.45, 7) is -0.668. The molecule has 1 aliphatic rings. The maximum Gasteiger partial charge on any atom is 1.00 e. The van der Waals surface area contributed by atoms with E-state index >= 15 is 0 Å². The molecule has 4 atom stereocenters. The second-order valence-electron chi connectivity index (χ2n) is 3.10. The number of carboxylic acids is 1. The summed E-state index contributed by atoms with van der Waals surface area (Å²) in [5, 5.41) is 28.8. The van der Waals surface area contributed by atoms with E-state index < -0.39 is 47.4 Å². The van der Waals surface area contributed by atoms with E-state index in [2.05, 4.69) is 8.92 Å². The minimum Gasteiger partial charge on any atom is -0.726 e. The van der Waals surface area contributed by atoms with Gasteiger partial charge in [0.25, 0.3) is 0 Å². The van der Waals surface area contributed by atoms with E-state index in [1.54, 1.807) is 0 Å². The molecule has 0 spiro atoms. The van der Waals surface area contributed by atoms with Gasteiger partial charge in [-0.05, 0) is 0 Å². The van der Waals surface area contributed by atoms with Gasteiger partial charge in [0.05, 0.1) is 12.6 Å². The molecule has 9 nitrogen and oxygen atoms in total. The topological polar surface area (TPSA) is 156 Å². The second-order valence-corrected chi connectivity index (χ2v) is 4.11. The first kappa shape index (κ1) is 21.5. The van der Waals surface area contributed by atoms with Crippen LogP contribution in [0, 0.1) is 0 Å². The summed E-state index contributed by atoms with van der Waals surface area (Å²) < 4.78 is 39.0. The molecule has 0 saturated carbocycles. The molecule has 18 heavy (non-hydrogen) atoms. The Hall–Kier alpha value is 1.22. The third-order valence-corrected chi connectivity index (χ3v) is 2.44. The predicted molar refractivity (Wildman–Crippen MR) is 41.3 cm³/mol. The number of rotatable bonds is 3. The van der Waals surface area contributed by atoms with Gasteiger partial charge in [0, 0.05) is 0 Å². The van der Waals surface area contributed by atoms with Gasteiger partial charge >= 0.3 is 59.1 Å². The minimum absolute atomic E-state index is 0. The van der Waals surface area contributed by atoms with E-state index in [1.807, 2.05) is 0 Å². The summed E-state index contributed by atoms with van der Waals surface area (Å²) >= 11 is 0. The molecule has 0 aromatic heterocycles. The molecule has 0 aromatic rings. The van der Waals surface area contributed by atoms with Gasteiger partial charge < -0.3 is 29.4 Å². The van der Waals surface area contributed by atoms with E-state index in [-0.39, 0.29) is 59.1 Å². The van der Waals surface area contributed by atoms with Crippen molar-refractivity contribution < 1.29 is 101 Å². The molecule has 0 bridgehead atoms. The number of aliphatic carboxylic acids is 1. The fraction of sp³-hybridized carbons (Fsp3) is 0.833. The van der Waals surface area contributed by atoms with E-state index in [0.29, 0.717) is 0 Å². The Bertz CT molecular complexity index is 371. The van der Waals surface area contributed by atoms with Crippen LogP contribution >= 0.6 is 0 Å². The van der Waals surface area contributed by atoms with Crippen LogP contribution in [0.4, 0.5) is 0 Å². The molecular formula is C6H8Na2O9S. The first-order chi connectivity index (χ1) is 7.22. The molecule has 3 unspecified atom stereocenters. The van der Waals surface area contributed by atoms with Gasteiger partial charge in [-0.3, -0.25) is 4.18 Å². The molecule has 94 valence electrons. The van der Waals surface area contributed by atoms with Crippen molar-refractivity contribution in [1.82, 2.24) is 0 Å². The number of aliphatic hydroxyl groups excluding tert-OH is 2. The number of carbonyl (C=O) groups excluding carboxylic acids is 1. The summed E-state index contributed by atoms with van der Waals surface area (Å²) in [5.41, 5.74) is 0. The van der Waals surface area contributed by atoms with Crippen LogP contribution < -0.4 is 64.2 Å². The molecule has 0 aromatic carbocycles. The van der Waals surface area contributed by atoms with E-state index in [4.69, 9.17) is 0 Å². The normalized spacial score (nSPS) is 31.9. The summed E-state index contributed by atoms with van der Waals surface area (Å²) in [6.07, 6.45) is -7.26. The maximum absolute atomic E-state index is 10.4. The molecule has 1 fully saturated rings. The average molecular weight is 302 g/mol. The smallest absolute Gasteiger partial charge is 0.726 e. The average Bonchev–Trinajstić information content (AvgIpc) is 2.10. The first-order valence-electron chi connectivity index (χ1n) is 4.05. The number of hydrogen-bond donors (Lipinski definition) is 2. The van der Waals surface area contributed by atoms with Crippen LogP contribution in [0.5, 0.6) is 0 Å². The van der Waals surface area contributed by atoms with Crippen LogP contribution in [0.25, 0.3) is 0 Å². The SMILES string of the molecule is O=C([O-])C1OCC(OS(=O)(=O)[O-])C(O)[C@H]1O.[Na+].[Na+]. The monoisotopic (exact) mass is 302 g/mol. The van der Waals surface area contributed by atoms with Gasteiger partial charge in [-0.15, -0.1) is 0 Å². The van der Waals surface area contributed by atoms with Crippen LogP contribution in [-0.2, 0) is 24.1 Å². The van der Waals surface area contributed by atoms with E-state index in [1.165, 1.54) is 0 Å². The summed E-state index contributed by atoms with van der Waals surface area (Å²) in [7, 11) is -5.08. The van der Waals surface area contributed by atoms with Crippen molar-refractivity contribution in [2.75, 3.05) is 6.61 Å². The van der Waals surface area contributed by atoms with Gasteiger partial charge in [-0.2, -0.15) is 0 Å². The Morgan fingerprint density at radius 1 is 1.28 bits per heavy atom. The van der Waals surface area contributed by atoms with Crippen molar-refractivity contribution in [3.05, 3.63) is 0 Å². The van der Waals surface area contributed by atoms with Crippen LogP contribution in [0.15, 0.2) is 0 Å². The predicted octanol–water partition coefficient (Wildman–Crippen LogP) is -10.3. The molecule has 0 amide bonds. The largest absolute Gasteiger partial charge is 1.00 e. The van der Waals surface area contributed by atoms with Crippen molar-refractivity contribution >= 4 is 16.4 Å². The summed E-state index contributed by atoms with van der Waals surface area (Å²) in [4.78, 5) is 10.4. The third-order valence-electron chi connectivity index (χ3n) is 1.95. The van der Waals surface area contributed by atoms with Gasteiger partial charge in [-0.1, -0.05) is 0 Å². The maximum atomic E-state index is 10.4. The van der Waals surface area contributed by atoms with Crippen LogP contribution in [0.2, 0.25) is 0 Å². The first-order valence-corrected chi connectivity index (χ1v) is 5.38. The van der Waals surface area contributed by atoms with Crippen LogP contribution in [0.3, 0.4) is 0 Å². The minimum atomic E-state index is -5.08. The Morgan fingerprint density at radius 3 is 2.17 bits per heavy atom. The van der Waals surface area contributed by atoms with Crippen molar-refractivity contribution in [2.45, 2.75) is 24.4 Å². The Labute approximate surface area is 147 Å². The molecule has 1 heterocycles. The third kappa shape index (κ3) is 6.11. The number of ether oxygens (including phenoxy) is 1. The molecule has 1 saturated heterocycles. The Kier molecular flexibility index (Phi) is 10.2. The number of hydrogen-bond acceptors (Lipinski definition) is 9. The van der Waals surface area contributed by atoms with Crippen molar-refractivity contribution in [2.24, 2.45) is 0 Å². The van der Waals surface area contributed by atoms with Gasteiger partial charge in [-0.25, -0.2) is 8.42 Å². The van der Waals surface area contributed by atoms with Crippen LogP contribution in [0.1, 0.15) is 0 Å². The Balaban J connectivity index is 0. The zero-order chi connectivity index (χ0) is 12.5. The van der Waals surface area contributed by atoms with Gasteiger partial charge in [0.2, 0.25) is 10.4 Å². The molecule has 2 N–H and O–H groups in total. The number of aliphatic hydroxyl groups is 2. The fourth-order valence-corrected chi connectivity index (χ4v) is 1.71. The van der Waals surface area contributed by atoms with Crippen LogP contribution in [-0.4, -0.2) is 60.2 Å². The van der Waals surface area contributed by atoms with Gasteiger partial charge in [0.15, 0.2) is 0 Å². The Morgan fingerprint density at radius 2 is 1.78 bits per heavy atom. The van der Waals surface area contributed by atoms with Crippen molar-refractivity contribution in [3.8, 4) is 0 Å². The molecule has 1 rings (SSSR count). The van der Waals surface area contributed by atoms with Crippen molar-refractivity contribution in [1.29, 1.82) is 0 Å². The zero-order valence-electron chi connectivity index (χ0n) is 9.68.